The smallest absolute Gasteiger partial charge is 0.248 e. The maximum atomic E-state index is 12.0. The molecule has 2 amide bonds. The normalized spacial score (nSPS) is 11.1. The standard InChI is InChI=1S/C20H24N2O2/c1-20(2,3)16-9-4-14(5-10-16)6-13-18(23)22-17-11-7-15(8-12-17)19(21)24/h4-5,7-12H,6,13H2,1-3H3,(H2,21,24)(H,22,23). The highest BCUT2D eigenvalue weighted by Crippen LogP contribution is 2.22. The molecule has 126 valence electrons. The maximum absolute atomic E-state index is 12.0. The Morgan fingerprint density at radius 1 is 0.958 bits per heavy atom. The van der Waals surface area contributed by atoms with Crippen LogP contribution in [-0.2, 0) is 16.6 Å². The molecule has 0 saturated heterocycles. The molecule has 0 aliphatic rings. The van der Waals surface area contributed by atoms with Crippen LogP contribution in [0.2, 0.25) is 0 Å². The van der Waals surface area contributed by atoms with E-state index in [-0.39, 0.29) is 11.3 Å². The molecule has 24 heavy (non-hydrogen) atoms. The second-order valence-corrected chi connectivity index (χ2v) is 6.94. The minimum Gasteiger partial charge on any atom is -0.366 e. The summed E-state index contributed by atoms with van der Waals surface area (Å²) in [7, 11) is 0. The summed E-state index contributed by atoms with van der Waals surface area (Å²) >= 11 is 0. The number of hydrogen-bond donors (Lipinski definition) is 2. The average molecular weight is 324 g/mol. The van der Waals surface area contributed by atoms with Crippen molar-refractivity contribution in [1.82, 2.24) is 0 Å². The van der Waals surface area contributed by atoms with E-state index in [1.54, 1.807) is 24.3 Å². The number of nitrogens with one attached hydrogen (secondary N) is 1. The quantitative estimate of drug-likeness (QED) is 0.881. The van der Waals surface area contributed by atoms with E-state index in [1.165, 1.54) is 5.56 Å². The van der Waals surface area contributed by atoms with Crippen molar-refractivity contribution in [2.75, 3.05) is 5.32 Å². The van der Waals surface area contributed by atoms with Gasteiger partial charge in [0.1, 0.15) is 0 Å². The predicted octanol–water partition coefficient (Wildman–Crippen LogP) is 3.65. The van der Waals surface area contributed by atoms with Crippen molar-refractivity contribution in [3.05, 3.63) is 65.2 Å². The molecular weight excluding hydrogens is 300 g/mol. The maximum Gasteiger partial charge on any atom is 0.248 e. The van der Waals surface area contributed by atoms with Crippen molar-refractivity contribution in [3.8, 4) is 0 Å². The van der Waals surface area contributed by atoms with Gasteiger partial charge < -0.3 is 11.1 Å². The number of amides is 2. The summed E-state index contributed by atoms with van der Waals surface area (Å²) in [5, 5.41) is 2.82. The molecule has 4 heteroatoms. The molecule has 0 aliphatic heterocycles. The van der Waals surface area contributed by atoms with Gasteiger partial charge in [-0.15, -0.1) is 0 Å². The number of anilines is 1. The lowest BCUT2D eigenvalue weighted by Gasteiger charge is -2.19. The third kappa shape index (κ3) is 4.95. The number of carbonyl (C=O) groups is 2. The summed E-state index contributed by atoms with van der Waals surface area (Å²) < 4.78 is 0. The molecule has 0 aliphatic carbocycles. The monoisotopic (exact) mass is 324 g/mol. The minimum absolute atomic E-state index is 0.0540. The van der Waals surface area contributed by atoms with Crippen LogP contribution in [0.3, 0.4) is 0 Å². The number of rotatable bonds is 5. The Balaban J connectivity index is 1.87. The summed E-state index contributed by atoms with van der Waals surface area (Å²) in [6.07, 6.45) is 1.10. The molecule has 0 bridgehead atoms. The first-order valence-corrected chi connectivity index (χ1v) is 8.05. The zero-order valence-corrected chi connectivity index (χ0v) is 14.4. The van der Waals surface area contributed by atoms with Gasteiger partial charge in [0, 0.05) is 17.7 Å². The number of hydrogen-bond acceptors (Lipinski definition) is 2. The highest BCUT2D eigenvalue weighted by molar-refractivity contribution is 5.94. The van der Waals surface area contributed by atoms with Crippen LogP contribution in [0.25, 0.3) is 0 Å². The Hall–Kier alpha value is -2.62. The van der Waals surface area contributed by atoms with E-state index >= 15 is 0 Å². The molecule has 0 heterocycles. The lowest BCUT2D eigenvalue weighted by Crippen LogP contribution is -2.14. The van der Waals surface area contributed by atoms with Gasteiger partial charge in [-0.1, -0.05) is 45.0 Å². The molecule has 2 aromatic carbocycles. The zero-order chi connectivity index (χ0) is 17.7. The van der Waals surface area contributed by atoms with Crippen molar-refractivity contribution in [2.45, 2.75) is 39.0 Å². The van der Waals surface area contributed by atoms with Crippen molar-refractivity contribution >= 4 is 17.5 Å². The molecule has 0 aromatic heterocycles. The SMILES string of the molecule is CC(C)(C)c1ccc(CCC(=O)Nc2ccc(C(N)=O)cc2)cc1. The van der Waals surface area contributed by atoms with Crippen LogP contribution in [0.1, 0.15) is 48.7 Å². The van der Waals surface area contributed by atoms with Gasteiger partial charge >= 0.3 is 0 Å². The summed E-state index contributed by atoms with van der Waals surface area (Å²) in [5.41, 5.74) is 8.83. The fourth-order valence-electron chi connectivity index (χ4n) is 2.37. The minimum atomic E-state index is -0.480. The summed E-state index contributed by atoms with van der Waals surface area (Å²) in [5.74, 6) is -0.534. The number of aryl methyl sites for hydroxylation is 1. The fourth-order valence-corrected chi connectivity index (χ4v) is 2.37. The molecule has 0 fully saturated rings. The number of nitrogens with two attached hydrogens (primary N) is 1. The average Bonchev–Trinajstić information content (AvgIpc) is 2.53. The highest BCUT2D eigenvalue weighted by atomic mass is 16.1. The molecule has 2 rings (SSSR count). The van der Waals surface area contributed by atoms with E-state index in [9.17, 15) is 9.59 Å². The van der Waals surface area contributed by atoms with Gasteiger partial charge in [-0.2, -0.15) is 0 Å². The second-order valence-electron chi connectivity index (χ2n) is 6.94. The molecule has 0 saturated carbocycles. The van der Waals surface area contributed by atoms with Crippen molar-refractivity contribution < 1.29 is 9.59 Å². The van der Waals surface area contributed by atoms with Crippen LogP contribution in [0.5, 0.6) is 0 Å². The van der Waals surface area contributed by atoms with Crippen molar-refractivity contribution in [2.24, 2.45) is 5.73 Å². The van der Waals surface area contributed by atoms with Crippen molar-refractivity contribution in [1.29, 1.82) is 0 Å². The van der Waals surface area contributed by atoms with Crippen LogP contribution >= 0.6 is 0 Å². The van der Waals surface area contributed by atoms with E-state index in [1.807, 2.05) is 0 Å². The third-order valence-corrected chi connectivity index (χ3v) is 3.91. The molecule has 4 nitrogen and oxygen atoms in total. The molecule has 2 aromatic rings. The molecular formula is C20H24N2O2. The number of benzene rings is 2. The summed E-state index contributed by atoms with van der Waals surface area (Å²) in [4.78, 5) is 23.0. The lowest BCUT2D eigenvalue weighted by molar-refractivity contribution is -0.116. The van der Waals surface area contributed by atoms with E-state index in [0.29, 0.717) is 24.1 Å². The summed E-state index contributed by atoms with van der Waals surface area (Å²) in [6, 6.07) is 15.0. The van der Waals surface area contributed by atoms with Crippen LogP contribution in [0.15, 0.2) is 48.5 Å². The van der Waals surface area contributed by atoms with Crippen LogP contribution in [0, 0.1) is 0 Å². The van der Waals surface area contributed by atoms with Gasteiger partial charge in [0.25, 0.3) is 0 Å². The number of primary amides is 1. The van der Waals surface area contributed by atoms with Crippen LogP contribution in [0.4, 0.5) is 5.69 Å². The first kappa shape index (κ1) is 17.7. The van der Waals surface area contributed by atoms with Crippen LogP contribution < -0.4 is 11.1 Å². The van der Waals surface area contributed by atoms with Gasteiger partial charge in [-0.05, 0) is 47.2 Å². The first-order valence-electron chi connectivity index (χ1n) is 8.05. The first-order chi connectivity index (χ1) is 11.3. The van der Waals surface area contributed by atoms with E-state index in [0.717, 1.165) is 5.56 Å². The van der Waals surface area contributed by atoms with Gasteiger partial charge in [0.2, 0.25) is 11.8 Å². The third-order valence-electron chi connectivity index (χ3n) is 3.91. The van der Waals surface area contributed by atoms with Gasteiger partial charge in [-0.25, -0.2) is 0 Å². The lowest BCUT2D eigenvalue weighted by atomic mass is 9.86. The number of carbonyl (C=O) groups excluding carboxylic acids is 2. The van der Waals surface area contributed by atoms with Gasteiger partial charge in [0.15, 0.2) is 0 Å². The second kappa shape index (κ2) is 7.30. The van der Waals surface area contributed by atoms with Crippen molar-refractivity contribution in [3.63, 3.8) is 0 Å². The molecule has 0 unspecified atom stereocenters. The Labute approximate surface area is 143 Å². The zero-order valence-electron chi connectivity index (χ0n) is 14.4. The highest BCUT2D eigenvalue weighted by Gasteiger charge is 2.13. The van der Waals surface area contributed by atoms with Gasteiger partial charge in [-0.3, -0.25) is 9.59 Å². The largest absolute Gasteiger partial charge is 0.366 e. The molecule has 3 N–H and O–H groups in total. The topological polar surface area (TPSA) is 72.2 Å². The Morgan fingerprint density at radius 3 is 2.04 bits per heavy atom. The van der Waals surface area contributed by atoms with E-state index in [4.69, 9.17) is 5.73 Å². The molecule has 0 spiro atoms. The summed E-state index contributed by atoms with van der Waals surface area (Å²) in [6.45, 7) is 6.54. The Bertz CT molecular complexity index is 711. The molecule has 0 atom stereocenters. The Morgan fingerprint density at radius 2 is 1.54 bits per heavy atom. The van der Waals surface area contributed by atoms with E-state index in [2.05, 4.69) is 50.4 Å². The Kier molecular flexibility index (Phi) is 5.39. The van der Waals surface area contributed by atoms with Gasteiger partial charge in [0.05, 0.1) is 0 Å². The fraction of sp³-hybridized carbons (Fsp3) is 0.300. The molecule has 0 radical (unpaired) electrons. The van der Waals surface area contributed by atoms with Crippen LogP contribution in [-0.4, -0.2) is 11.8 Å². The predicted molar refractivity (Wildman–Crippen MR) is 97.1 cm³/mol. The van der Waals surface area contributed by atoms with E-state index < -0.39 is 5.91 Å².